The maximum atomic E-state index is 14.2. The highest BCUT2D eigenvalue weighted by Crippen LogP contribution is 2.38. The van der Waals surface area contributed by atoms with Crippen molar-refractivity contribution in [2.45, 2.75) is 44.8 Å². The van der Waals surface area contributed by atoms with Gasteiger partial charge >= 0.3 is 0 Å². The topological polar surface area (TPSA) is 15.3 Å². The van der Waals surface area contributed by atoms with Crippen LogP contribution in [0.3, 0.4) is 0 Å². The Labute approximate surface area is 133 Å². The molecule has 1 heterocycles. The Balaban J connectivity index is 1.85. The first-order valence-electron chi connectivity index (χ1n) is 7.49. The summed E-state index contributed by atoms with van der Waals surface area (Å²) in [6, 6.07) is 3.15. The van der Waals surface area contributed by atoms with Gasteiger partial charge in [0.2, 0.25) is 0 Å². The summed E-state index contributed by atoms with van der Waals surface area (Å²) in [7, 11) is 0. The number of hydrogen-bond donors (Lipinski definition) is 1. The number of piperazine rings is 1. The molecule has 1 atom stereocenters. The van der Waals surface area contributed by atoms with E-state index in [1.807, 2.05) is 0 Å². The van der Waals surface area contributed by atoms with Crippen molar-refractivity contribution < 1.29 is 8.78 Å². The second-order valence-corrected chi connectivity index (χ2v) is 7.75. The average Bonchev–Trinajstić information content (AvgIpc) is 3.23. The number of benzene rings is 1. The molecule has 1 unspecified atom stereocenters. The van der Waals surface area contributed by atoms with Crippen molar-refractivity contribution in [1.29, 1.82) is 0 Å². The predicted octanol–water partition coefficient (Wildman–Crippen LogP) is 3.69. The molecule has 0 spiro atoms. The van der Waals surface area contributed by atoms with E-state index in [-0.39, 0.29) is 11.1 Å². The highest BCUT2D eigenvalue weighted by Gasteiger charge is 2.41. The van der Waals surface area contributed by atoms with Crippen LogP contribution in [0.25, 0.3) is 0 Å². The normalized spacial score (nSPS) is 26.0. The van der Waals surface area contributed by atoms with E-state index in [0.29, 0.717) is 23.0 Å². The van der Waals surface area contributed by atoms with Gasteiger partial charge < -0.3 is 5.32 Å². The number of hydrogen-bond acceptors (Lipinski definition) is 2. The summed E-state index contributed by atoms with van der Waals surface area (Å²) >= 11 is 3.15. The molecule has 1 aliphatic heterocycles. The molecule has 0 amide bonds. The molecule has 0 bridgehead atoms. The number of nitrogens with one attached hydrogen (secondary N) is 1. The lowest BCUT2D eigenvalue weighted by Crippen LogP contribution is -2.61. The van der Waals surface area contributed by atoms with E-state index in [9.17, 15) is 8.78 Å². The van der Waals surface area contributed by atoms with E-state index in [2.05, 4.69) is 40.0 Å². The Morgan fingerprint density at radius 3 is 2.71 bits per heavy atom. The van der Waals surface area contributed by atoms with Crippen LogP contribution in [0.4, 0.5) is 8.78 Å². The fourth-order valence-electron chi connectivity index (χ4n) is 3.23. The highest BCUT2D eigenvalue weighted by molar-refractivity contribution is 9.10. The van der Waals surface area contributed by atoms with Crippen molar-refractivity contribution in [1.82, 2.24) is 10.2 Å². The first-order valence-corrected chi connectivity index (χ1v) is 8.28. The lowest BCUT2D eigenvalue weighted by molar-refractivity contribution is 0.0738. The van der Waals surface area contributed by atoms with E-state index in [0.717, 1.165) is 13.1 Å². The van der Waals surface area contributed by atoms with E-state index in [1.165, 1.54) is 25.0 Å². The Morgan fingerprint density at radius 2 is 2.05 bits per heavy atom. The quantitative estimate of drug-likeness (QED) is 0.829. The minimum Gasteiger partial charge on any atom is -0.309 e. The van der Waals surface area contributed by atoms with Crippen molar-refractivity contribution in [3.05, 3.63) is 33.8 Å². The van der Waals surface area contributed by atoms with Crippen LogP contribution in [-0.2, 0) is 6.54 Å². The van der Waals surface area contributed by atoms with Gasteiger partial charge in [0.25, 0.3) is 0 Å². The van der Waals surface area contributed by atoms with Gasteiger partial charge in [-0.1, -0.05) is 0 Å². The van der Waals surface area contributed by atoms with Crippen LogP contribution in [-0.4, -0.2) is 29.6 Å². The van der Waals surface area contributed by atoms with E-state index >= 15 is 0 Å². The molecule has 2 fully saturated rings. The van der Waals surface area contributed by atoms with Crippen LogP contribution in [0.2, 0.25) is 0 Å². The van der Waals surface area contributed by atoms with Gasteiger partial charge in [0.1, 0.15) is 11.6 Å². The summed E-state index contributed by atoms with van der Waals surface area (Å²) < 4.78 is 28.6. The summed E-state index contributed by atoms with van der Waals surface area (Å²) in [4.78, 5) is 2.25. The van der Waals surface area contributed by atoms with Crippen molar-refractivity contribution in [3.63, 3.8) is 0 Å². The molecule has 1 saturated carbocycles. The molecule has 3 rings (SSSR count). The van der Waals surface area contributed by atoms with Gasteiger partial charge in [-0.05, 0) is 60.7 Å². The molecule has 1 N–H and O–H groups in total. The van der Waals surface area contributed by atoms with Crippen molar-refractivity contribution in [3.8, 4) is 0 Å². The summed E-state index contributed by atoms with van der Waals surface area (Å²) in [5.41, 5.74) is 0.150. The fraction of sp³-hybridized carbons (Fsp3) is 0.625. The first kappa shape index (κ1) is 15.4. The standard InChI is InChI=1S/C16H21BrF2N2/c1-16(2)9-21(14(7-20-16)10-3-4-10)8-11-13(18)6-5-12(17)15(11)19/h5-6,10,14,20H,3-4,7-9H2,1-2H3. The molecule has 0 radical (unpaired) electrons. The monoisotopic (exact) mass is 358 g/mol. The molecule has 1 saturated heterocycles. The minimum atomic E-state index is -0.471. The maximum Gasteiger partial charge on any atom is 0.144 e. The third-order valence-corrected chi connectivity index (χ3v) is 5.14. The van der Waals surface area contributed by atoms with Crippen molar-refractivity contribution in [2.24, 2.45) is 5.92 Å². The van der Waals surface area contributed by atoms with Crippen molar-refractivity contribution >= 4 is 15.9 Å². The average molecular weight is 359 g/mol. The summed E-state index contributed by atoms with van der Waals surface area (Å²) in [5, 5.41) is 3.55. The second kappa shape index (κ2) is 5.60. The Hall–Kier alpha value is -0.520. The Morgan fingerprint density at radius 1 is 1.33 bits per heavy atom. The molecule has 2 nitrogen and oxygen atoms in total. The van der Waals surface area contributed by atoms with E-state index in [1.54, 1.807) is 0 Å². The predicted molar refractivity (Wildman–Crippen MR) is 83.1 cm³/mol. The minimum absolute atomic E-state index is 0.0235. The van der Waals surface area contributed by atoms with Crippen LogP contribution >= 0.6 is 15.9 Å². The van der Waals surface area contributed by atoms with Gasteiger partial charge in [0.05, 0.1) is 4.47 Å². The maximum absolute atomic E-state index is 14.2. The molecular weight excluding hydrogens is 338 g/mol. The molecule has 2 aliphatic rings. The lowest BCUT2D eigenvalue weighted by atomic mass is 9.96. The zero-order valence-corrected chi connectivity index (χ0v) is 14.0. The number of halogens is 3. The first-order chi connectivity index (χ1) is 9.87. The lowest BCUT2D eigenvalue weighted by Gasteiger charge is -2.45. The third-order valence-electron chi connectivity index (χ3n) is 4.52. The number of rotatable bonds is 3. The zero-order valence-electron chi connectivity index (χ0n) is 12.4. The summed E-state index contributed by atoms with van der Waals surface area (Å²) in [6.07, 6.45) is 2.46. The van der Waals surface area contributed by atoms with Gasteiger partial charge in [-0.2, -0.15) is 0 Å². The van der Waals surface area contributed by atoms with Gasteiger partial charge in [-0.3, -0.25) is 4.90 Å². The van der Waals surface area contributed by atoms with Gasteiger partial charge in [0.15, 0.2) is 0 Å². The molecule has 5 heteroatoms. The molecule has 0 aromatic heterocycles. The summed E-state index contributed by atoms with van der Waals surface area (Å²) in [5.74, 6) is -0.255. The smallest absolute Gasteiger partial charge is 0.144 e. The largest absolute Gasteiger partial charge is 0.309 e. The Kier molecular flexibility index (Phi) is 4.10. The molecular formula is C16H21BrF2N2. The van der Waals surface area contributed by atoms with Crippen LogP contribution in [0, 0.1) is 17.6 Å². The molecule has 21 heavy (non-hydrogen) atoms. The van der Waals surface area contributed by atoms with Crippen LogP contribution in [0.1, 0.15) is 32.3 Å². The highest BCUT2D eigenvalue weighted by atomic mass is 79.9. The molecule has 1 aromatic rings. The fourth-order valence-corrected chi connectivity index (χ4v) is 3.60. The summed E-state index contributed by atoms with van der Waals surface area (Å²) in [6.45, 7) is 6.31. The molecule has 1 aliphatic carbocycles. The molecule has 116 valence electrons. The van der Waals surface area contributed by atoms with E-state index < -0.39 is 11.6 Å². The third kappa shape index (κ3) is 3.30. The van der Waals surface area contributed by atoms with Crippen LogP contribution < -0.4 is 5.32 Å². The van der Waals surface area contributed by atoms with Crippen molar-refractivity contribution in [2.75, 3.05) is 13.1 Å². The zero-order chi connectivity index (χ0) is 15.2. The van der Waals surface area contributed by atoms with Crippen LogP contribution in [0.15, 0.2) is 16.6 Å². The van der Waals surface area contributed by atoms with Gasteiger partial charge in [0, 0.05) is 36.8 Å². The van der Waals surface area contributed by atoms with E-state index in [4.69, 9.17) is 0 Å². The molecule has 1 aromatic carbocycles. The SMILES string of the molecule is CC1(C)CN(Cc2c(F)ccc(Br)c2F)C(C2CC2)CN1. The van der Waals surface area contributed by atoms with Crippen LogP contribution in [0.5, 0.6) is 0 Å². The Bertz CT molecular complexity index is 543. The van der Waals surface area contributed by atoms with Gasteiger partial charge in [-0.15, -0.1) is 0 Å². The second-order valence-electron chi connectivity index (χ2n) is 6.90. The number of nitrogens with zero attached hydrogens (tertiary/aromatic N) is 1. The van der Waals surface area contributed by atoms with Gasteiger partial charge in [-0.25, -0.2) is 8.78 Å².